The molecule has 0 amide bonds. The van der Waals surface area contributed by atoms with E-state index in [1.165, 1.54) is 5.56 Å². The van der Waals surface area contributed by atoms with Gasteiger partial charge in [-0.3, -0.25) is 0 Å². The van der Waals surface area contributed by atoms with E-state index < -0.39 is 0 Å². The average molecular weight is 251 g/mol. The molecule has 0 saturated carbocycles. The van der Waals surface area contributed by atoms with E-state index in [1.54, 1.807) is 7.11 Å². The molecular formula is C15H25NO2. The molecule has 3 nitrogen and oxygen atoms in total. The van der Waals surface area contributed by atoms with Gasteiger partial charge in [0.15, 0.2) is 0 Å². The molecule has 0 spiro atoms. The van der Waals surface area contributed by atoms with Crippen molar-refractivity contribution in [3.05, 3.63) is 29.8 Å². The number of rotatable bonds is 7. The molecule has 1 N–H and O–H groups in total. The number of hydrogen-bond donors (Lipinski definition) is 1. The fourth-order valence-electron chi connectivity index (χ4n) is 2.01. The smallest absolute Gasteiger partial charge is 0.124 e. The maximum Gasteiger partial charge on any atom is 0.124 e. The zero-order chi connectivity index (χ0) is 13.5. The molecule has 0 aromatic heterocycles. The second-order valence-corrected chi connectivity index (χ2v) is 4.95. The van der Waals surface area contributed by atoms with E-state index in [9.17, 15) is 0 Å². The Hall–Kier alpha value is -1.06. The van der Waals surface area contributed by atoms with Crippen LogP contribution in [0.4, 0.5) is 0 Å². The van der Waals surface area contributed by atoms with Gasteiger partial charge in [-0.05, 0) is 33.8 Å². The summed E-state index contributed by atoms with van der Waals surface area (Å²) in [6.45, 7) is 9.06. The van der Waals surface area contributed by atoms with Crippen molar-refractivity contribution in [1.82, 2.24) is 5.32 Å². The van der Waals surface area contributed by atoms with Crippen LogP contribution in [0.25, 0.3) is 0 Å². The van der Waals surface area contributed by atoms with Gasteiger partial charge in [-0.15, -0.1) is 0 Å². The Morgan fingerprint density at radius 3 is 2.39 bits per heavy atom. The molecule has 3 heteroatoms. The van der Waals surface area contributed by atoms with Gasteiger partial charge >= 0.3 is 0 Å². The van der Waals surface area contributed by atoms with Crippen molar-refractivity contribution >= 4 is 0 Å². The van der Waals surface area contributed by atoms with Crippen LogP contribution < -0.4 is 10.1 Å². The second kappa shape index (κ2) is 7.39. The van der Waals surface area contributed by atoms with Crippen molar-refractivity contribution < 1.29 is 9.47 Å². The molecule has 2 atom stereocenters. The molecule has 1 aromatic carbocycles. The van der Waals surface area contributed by atoms with Crippen molar-refractivity contribution in [2.24, 2.45) is 0 Å². The molecule has 0 heterocycles. The molecule has 0 fully saturated rings. The summed E-state index contributed by atoms with van der Waals surface area (Å²) in [4.78, 5) is 0. The van der Waals surface area contributed by atoms with Crippen LogP contribution in [0.15, 0.2) is 24.3 Å². The Morgan fingerprint density at radius 1 is 1.11 bits per heavy atom. The number of nitrogens with one attached hydrogen (secondary N) is 1. The van der Waals surface area contributed by atoms with Crippen molar-refractivity contribution in [3.8, 4) is 5.75 Å². The first-order chi connectivity index (χ1) is 8.54. The third kappa shape index (κ3) is 4.67. The first-order valence-corrected chi connectivity index (χ1v) is 6.55. The number of methoxy groups -OCH3 is 1. The predicted octanol–water partition coefficient (Wildman–Crippen LogP) is 3.16. The predicted molar refractivity (Wildman–Crippen MR) is 75.1 cm³/mol. The lowest BCUT2D eigenvalue weighted by molar-refractivity contribution is 0.167. The van der Waals surface area contributed by atoms with E-state index in [0.29, 0.717) is 12.6 Å². The van der Waals surface area contributed by atoms with Gasteiger partial charge in [-0.2, -0.15) is 0 Å². The summed E-state index contributed by atoms with van der Waals surface area (Å²) >= 11 is 0. The van der Waals surface area contributed by atoms with E-state index in [1.807, 2.05) is 32.0 Å². The van der Waals surface area contributed by atoms with E-state index >= 15 is 0 Å². The maximum atomic E-state index is 5.84. The average Bonchev–Trinajstić information content (AvgIpc) is 2.28. The van der Waals surface area contributed by atoms with Crippen LogP contribution in [0.2, 0.25) is 0 Å². The third-order valence-electron chi connectivity index (χ3n) is 2.70. The largest absolute Gasteiger partial charge is 0.491 e. The highest BCUT2D eigenvalue weighted by atomic mass is 16.5. The van der Waals surface area contributed by atoms with Gasteiger partial charge in [0.1, 0.15) is 5.75 Å². The minimum atomic E-state index is 0.190. The summed E-state index contributed by atoms with van der Waals surface area (Å²) in [5, 5.41) is 3.51. The first-order valence-electron chi connectivity index (χ1n) is 6.55. The van der Waals surface area contributed by atoms with Crippen LogP contribution in [-0.4, -0.2) is 25.9 Å². The Labute approximate surface area is 110 Å². The molecule has 2 unspecified atom stereocenters. The molecule has 0 aliphatic rings. The van der Waals surface area contributed by atoms with Crippen molar-refractivity contribution in [3.63, 3.8) is 0 Å². The summed E-state index contributed by atoms with van der Waals surface area (Å²) in [5.41, 5.74) is 1.19. The number of benzene rings is 1. The molecule has 0 bridgehead atoms. The molecule has 1 rings (SSSR count). The van der Waals surface area contributed by atoms with Gasteiger partial charge < -0.3 is 14.8 Å². The first kappa shape index (κ1) is 15.0. The lowest BCUT2D eigenvalue weighted by Gasteiger charge is -2.23. The van der Waals surface area contributed by atoms with E-state index in [4.69, 9.17) is 9.47 Å². The molecule has 0 aliphatic heterocycles. The molecule has 0 aliphatic carbocycles. The maximum absolute atomic E-state index is 5.84. The van der Waals surface area contributed by atoms with Gasteiger partial charge in [-0.25, -0.2) is 0 Å². The zero-order valence-electron chi connectivity index (χ0n) is 12.1. The quantitative estimate of drug-likeness (QED) is 0.807. The summed E-state index contributed by atoms with van der Waals surface area (Å²) < 4.78 is 11.0. The Morgan fingerprint density at radius 2 is 1.78 bits per heavy atom. The lowest BCUT2D eigenvalue weighted by atomic mass is 10.1. The molecule has 1 aromatic rings. The second-order valence-electron chi connectivity index (χ2n) is 4.95. The van der Waals surface area contributed by atoms with Crippen LogP contribution in [0.3, 0.4) is 0 Å². The highest BCUT2D eigenvalue weighted by Gasteiger charge is 2.14. The summed E-state index contributed by atoms with van der Waals surface area (Å²) in [5.74, 6) is 0.956. The molecule has 102 valence electrons. The molecule has 0 radical (unpaired) electrons. The topological polar surface area (TPSA) is 30.5 Å². The van der Waals surface area contributed by atoms with Gasteiger partial charge in [0.2, 0.25) is 0 Å². The summed E-state index contributed by atoms with van der Waals surface area (Å²) in [7, 11) is 1.72. The zero-order valence-corrected chi connectivity index (χ0v) is 12.1. The van der Waals surface area contributed by atoms with E-state index in [0.717, 1.165) is 5.75 Å². The van der Waals surface area contributed by atoms with E-state index in [-0.39, 0.29) is 12.1 Å². The lowest BCUT2D eigenvalue weighted by Crippen LogP contribution is -2.32. The van der Waals surface area contributed by atoms with E-state index in [2.05, 4.69) is 25.2 Å². The molecular weight excluding hydrogens is 226 g/mol. The third-order valence-corrected chi connectivity index (χ3v) is 2.70. The number of para-hydroxylation sites is 1. The standard InChI is InChI=1S/C15H25NO2/c1-11(2)18-15-9-7-6-8-14(15)13(4)16-12(3)10-17-5/h6-9,11-13,16H,10H2,1-5H3. The molecule has 18 heavy (non-hydrogen) atoms. The number of ether oxygens (including phenoxy) is 2. The Bertz CT molecular complexity index is 352. The van der Waals surface area contributed by atoms with Gasteiger partial charge in [0, 0.05) is 24.8 Å². The highest BCUT2D eigenvalue weighted by Crippen LogP contribution is 2.25. The monoisotopic (exact) mass is 251 g/mol. The fraction of sp³-hybridized carbons (Fsp3) is 0.600. The van der Waals surface area contributed by atoms with Crippen molar-refractivity contribution in [2.45, 2.75) is 45.9 Å². The minimum absolute atomic E-state index is 0.190. The normalized spacial score (nSPS) is 14.6. The SMILES string of the molecule is COCC(C)NC(C)c1ccccc1OC(C)C. The van der Waals surface area contributed by atoms with Gasteiger partial charge in [0.05, 0.1) is 12.7 Å². The van der Waals surface area contributed by atoms with Crippen molar-refractivity contribution in [1.29, 1.82) is 0 Å². The minimum Gasteiger partial charge on any atom is -0.491 e. The number of hydrogen-bond acceptors (Lipinski definition) is 3. The van der Waals surface area contributed by atoms with Crippen LogP contribution in [-0.2, 0) is 4.74 Å². The van der Waals surface area contributed by atoms with Crippen LogP contribution in [0, 0.1) is 0 Å². The summed E-state index contributed by atoms with van der Waals surface area (Å²) in [6.07, 6.45) is 0.190. The fourth-order valence-corrected chi connectivity index (χ4v) is 2.01. The van der Waals surface area contributed by atoms with Gasteiger partial charge in [-0.1, -0.05) is 18.2 Å². The highest BCUT2D eigenvalue weighted by molar-refractivity contribution is 5.35. The van der Waals surface area contributed by atoms with Crippen LogP contribution in [0.1, 0.15) is 39.3 Å². The Kier molecular flexibility index (Phi) is 6.16. The Balaban J connectivity index is 2.74. The van der Waals surface area contributed by atoms with Crippen molar-refractivity contribution in [2.75, 3.05) is 13.7 Å². The van der Waals surface area contributed by atoms with Gasteiger partial charge in [0.25, 0.3) is 0 Å². The summed E-state index contributed by atoms with van der Waals surface area (Å²) in [6, 6.07) is 8.74. The molecule has 0 saturated heterocycles. The van der Waals surface area contributed by atoms with Crippen LogP contribution in [0.5, 0.6) is 5.75 Å². The van der Waals surface area contributed by atoms with Crippen LogP contribution >= 0.6 is 0 Å².